The summed E-state index contributed by atoms with van der Waals surface area (Å²) in [5, 5.41) is 0. The van der Waals surface area contributed by atoms with Crippen LogP contribution in [0.25, 0.3) is 0 Å². The summed E-state index contributed by atoms with van der Waals surface area (Å²) in [6.45, 7) is 0. The van der Waals surface area contributed by atoms with Crippen LogP contribution in [0.2, 0.25) is 0 Å². The van der Waals surface area contributed by atoms with E-state index in [9.17, 15) is 4.39 Å². The van der Waals surface area contributed by atoms with E-state index in [1.807, 2.05) is 24.3 Å². The lowest BCUT2D eigenvalue weighted by Gasteiger charge is -2.19. The van der Waals surface area contributed by atoms with Crippen molar-refractivity contribution in [3.8, 4) is 11.5 Å². The van der Waals surface area contributed by atoms with Crippen LogP contribution in [0, 0.1) is 5.82 Å². The molecule has 106 valence electrons. The minimum absolute atomic E-state index is 0.346. The fourth-order valence-corrected chi connectivity index (χ4v) is 2.42. The maximum atomic E-state index is 13.6. The normalized spacial score (nSPS) is 12.1. The van der Waals surface area contributed by atoms with Crippen LogP contribution in [-0.4, -0.2) is 14.2 Å². The first kappa shape index (κ1) is 14.8. The quantitative estimate of drug-likeness (QED) is 0.924. The molecule has 0 spiro atoms. The smallest absolute Gasteiger partial charge is 0.141 e. The van der Waals surface area contributed by atoms with Crippen molar-refractivity contribution >= 4 is 15.9 Å². The Hall–Kier alpha value is -1.59. The molecule has 1 atom stereocenters. The summed E-state index contributed by atoms with van der Waals surface area (Å²) in [4.78, 5) is 0. The molecule has 3 nitrogen and oxygen atoms in total. The molecule has 2 aromatic rings. The second kappa shape index (κ2) is 6.24. The third-order valence-electron chi connectivity index (χ3n) is 3.08. The van der Waals surface area contributed by atoms with Gasteiger partial charge in [-0.15, -0.1) is 0 Å². The monoisotopic (exact) mass is 339 g/mol. The van der Waals surface area contributed by atoms with E-state index in [0.29, 0.717) is 21.5 Å². The van der Waals surface area contributed by atoms with Gasteiger partial charge < -0.3 is 15.2 Å². The number of nitrogens with two attached hydrogens (primary N) is 1. The van der Waals surface area contributed by atoms with E-state index in [2.05, 4.69) is 15.9 Å². The van der Waals surface area contributed by atoms with Gasteiger partial charge in [0.2, 0.25) is 0 Å². The topological polar surface area (TPSA) is 44.5 Å². The fraction of sp³-hybridized carbons (Fsp3) is 0.200. The highest BCUT2D eigenvalue weighted by Gasteiger charge is 2.19. The molecular formula is C15H15BrFNO2. The minimum atomic E-state index is -0.474. The van der Waals surface area contributed by atoms with Gasteiger partial charge in [0.15, 0.2) is 0 Å². The number of rotatable bonds is 4. The Balaban J connectivity index is 2.52. The van der Waals surface area contributed by atoms with Crippen molar-refractivity contribution in [1.82, 2.24) is 0 Å². The predicted molar refractivity (Wildman–Crippen MR) is 79.7 cm³/mol. The highest BCUT2D eigenvalue weighted by atomic mass is 79.9. The van der Waals surface area contributed by atoms with E-state index in [0.717, 1.165) is 5.56 Å². The molecule has 0 aromatic heterocycles. The summed E-state index contributed by atoms with van der Waals surface area (Å²) < 4.78 is 24.4. The summed E-state index contributed by atoms with van der Waals surface area (Å²) in [6, 6.07) is 9.92. The summed E-state index contributed by atoms with van der Waals surface area (Å²) >= 11 is 3.17. The highest BCUT2D eigenvalue weighted by molar-refractivity contribution is 9.10. The molecule has 0 saturated heterocycles. The van der Waals surface area contributed by atoms with Crippen LogP contribution in [0.3, 0.4) is 0 Å². The summed E-state index contributed by atoms with van der Waals surface area (Å²) in [6.07, 6.45) is 0. The van der Waals surface area contributed by atoms with Gasteiger partial charge in [-0.2, -0.15) is 0 Å². The molecular weight excluding hydrogens is 325 g/mol. The van der Waals surface area contributed by atoms with Gasteiger partial charge in [-0.3, -0.25) is 0 Å². The van der Waals surface area contributed by atoms with Crippen LogP contribution in [0.4, 0.5) is 4.39 Å². The average Bonchev–Trinajstić information content (AvgIpc) is 2.48. The number of hydrogen-bond acceptors (Lipinski definition) is 3. The lowest BCUT2D eigenvalue weighted by Crippen LogP contribution is -2.14. The molecule has 0 aliphatic rings. The van der Waals surface area contributed by atoms with E-state index in [4.69, 9.17) is 15.2 Å². The van der Waals surface area contributed by atoms with Crippen molar-refractivity contribution in [3.63, 3.8) is 0 Å². The number of halogens is 2. The third-order valence-corrected chi connectivity index (χ3v) is 3.69. The van der Waals surface area contributed by atoms with Gasteiger partial charge in [0.1, 0.15) is 17.3 Å². The summed E-state index contributed by atoms with van der Waals surface area (Å²) in [5.74, 6) is 0.699. The lowest BCUT2D eigenvalue weighted by atomic mass is 9.98. The van der Waals surface area contributed by atoms with Crippen LogP contribution >= 0.6 is 15.9 Å². The maximum Gasteiger partial charge on any atom is 0.141 e. The summed E-state index contributed by atoms with van der Waals surface area (Å²) in [7, 11) is 3.07. The van der Waals surface area contributed by atoms with Crippen LogP contribution in [0.15, 0.2) is 40.9 Å². The second-order valence-electron chi connectivity index (χ2n) is 4.23. The highest BCUT2D eigenvalue weighted by Crippen LogP contribution is 2.35. The molecule has 2 rings (SSSR count). The van der Waals surface area contributed by atoms with Gasteiger partial charge in [-0.25, -0.2) is 4.39 Å². The fourth-order valence-electron chi connectivity index (χ4n) is 2.05. The van der Waals surface area contributed by atoms with Gasteiger partial charge in [0.05, 0.1) is 24.7 Å². The largest absolute Gasteiger partial charge is 0.496 e. The van der Waals surface area contributed by atoms with Crippen LogP contribution < -0.4 is 15.2 Å². The molecule has 20 heavy (non-hydrogen) atoms. The van der Waals surface area contributed by atoms with E-state index in [-0.39, 0.29) is 0 Å². The van der Waals surface area contributed by atoms with E-state index >= 15 is 0 Å². The standard InChI is InChI=1S/C15H15BrFNO2/c1-19-13-6-4-3-5-9(13)15(18)10-7-11(16)12(17)8-14(10)20-2/h3-8,15H,18H2,1-2H3. The first-order valence-corrected chi connectivity index (χ1v) is 6.79. The maximum absolute atomic E-state index is 13.6. The van der Waals surface area contributed by atoms with Crippen molar-refractivity contribution in [3.05, 3.63) is 57.8 Å². The average molecular weight is 340 g/mol. The lowest BCUT2D eigenvalue weighted by molar-refractivity contribution is 0.398. The van der Waals surface area contributed by atoms with Crippen LogP contribution in [0.1, 0.15) is 17.2 Å². The second-order valence-corrected chi connectivity index (χ2v) is 5.08. The molecule has 1 unspecified atom stereocenters. The molecule has 2 N–H and O–H groups in total. The number of ether oxygens (including phenoxy) is 2. The molecule has 0 saturated carbocycles. The van der Waals surface area contributed by atoms with Gasteiger partial charge in [-0.1, -0.05) is 18.2 Å². The minimum Gasteiger partial charge on any atom is -0.496 e. The van der Waals surface area contributed by atoms with Gasteiger partial charge in [-0.05, 0) is 28.1 Å². The zero-order valence-electron chi connectivity index (χ0n) is 11.2. The predicted octanol–water partition coefficient (Wildman–Crippen LogP) is 3.65. The van der Waals surface area contributed by atoms with Gasteiger partial charge >= 0.3 is 0 Å². The van der Waals surface area contributed by atoms with Gasteiger partial charge in [0, 0.05) is 17.2 Å². The van der Waals surface area contributed by atoms with Crippen LogP contribution in [0.5, 0.6) is 11.5 Å². The Kier molecular flexibility index (Phi) is 4.62. The van der Waals surface area contributed by atoms with Crippen molar-refractivity contribution in [2.24, 2.45) is 5.73 Å². The first-order chi connectivity index (χ1) is 9.58. The molecule has 0 fully saturated rings. The SMILES string of the molecule is COc1ccccc1C(N)c1cc(Br)c(F)cc1OC. The molecule has 0 aliphatic heterocycles. The third kappa shape index (κ3) is 2.78. The zero-order valence-corrected chi connectivity index (χ0v) is 12.8. The van der Waals surface area contributed by atoms with E-state index in [1.165, 1.54) is 13.2 Å². The Morgan fingerprint density at radius 3 is 2.35 bits per heavy atom. The van der Waals surface area contributed by atoms with Crippen molar-refractivity contribution in [2.75, 3.05) is 14.2 Å². The molecule has 0 bridgehead atoms. The molecule has 2 aromatic carbocycles. The molecule has 0 heterocycles. The zero-order chi connectivity index (χ0) is 14.7. The van der Waals surface area contributed by atoms with Gasteiger partial charge in [0.25, 0.3) is 0 Å². The molecule has 0 aliphatic carbocycles. The molecule has 0 radical (unpaired) electrons. The summed E-state index contributed by atoms with van der Waals surface area (Å²) in [5.41, 5.74) is 7.78. The first-order valence-electron chi connectivity index (χ1n) is 6.00. The molecule has 0 amide bonds. The number of methoxy groups -OCH3 is 2. The Morgan fingerprint density at radius 1 is 1.05 bits per heavy atom. The van der Waals surface area contributed by atoms with Crippen LogP contribution in [-0.2, 0) is 0 Å². The van der Waals surface area contributed by atoms with Crippen molar-refractivity contribution in [2.45, 2.75) is 6.04 Å². The Bertz CT molecular complexity index is 619. The Morgan fingerprint density at radius 2 is 1.70 bits per heavy atom. The van der Waals surface area contributed by atoms with E-state index in [1.54, 1.807) is 13.2 Å². The Labute approximate surface area is 125 Å². The molecule has 5 heteroatoms. The van der Waals surface area contributed by atoms with Crippen molar-refractivity contribution < 1.29 is 13.9 Å². The number of benzene rings is 2. The number of para-hydroxylation sites is 1. The van der Waals surface area contributed by atoms with E-state index < -0.39 is 11.9 Å². The number of hydrogen-bond donors (Lipinski definition) is 1. The van der Waals surface area contributed by atoms with Crippen molar-refractivity contribution in [1.29, 1.82) is 0 Å².